The number of hydroxylamine groups is 1. The third kappa shape index (κ3) is 1.64. The summed E-state index contributed by atoms with van der Waals surface area (Å²) in [6.45, 7) is 0. The monoisotopic (exact) mass is 238 g/mol. The van der Waals surface area contributed by atoms with Crippen molar-refractivity contribution in [3.8, 4) is 0 Å². The van der Waals surface area contributed by atoms with E-state index in [4.69, 9.17) is 0 Å². The lowest BCUT2D eigenvalue weighted by Crippen LogP contribution is -2.97. The predicted octanol–water partition coefficient (Wildman–Crippen LogP) is 1.33. The molecule has 1 aliphatic heterocycles. The van der Waals surface area contributed by atoms with Gasteiger partial charge in [0.15, 0.2) is 0 Å². The van der Waals surface area contributed by atoms with E-state index in [0.29, 0.717) is 22.5 Å². The summed E-state index contributed by atoms with van der Waals surface area (Å²) in [5, 5.41) is 11.8. The maximum atomic E-state index is 12.3. The van der Waals surface area contributed by atoms with Crippen molar-refractivity contribution in [2.75, 3.05) is 0 Å². The molecule has 0 spiro atoms. The van der Waals surface area contributed by atoms with Gasteiger partial charge in [-0.05, 0) is 18.2 Å². The predicted molar refractivity (Wildman–Crippen MR) is 67.0 cm³/mol. The Labute approximate surface area is 104 Å². The molecule has 1 aliphatic rings. The lowest BCUT2D eigenvalue weighted by molar-refractivity contribution is -0.714. The molecule has 0 saturated heterocycles. The Morgan fingerprint density at radius 3 is 2.61 bits per heavy atom. The van der Waals surface area contributed by atoms with Crippen molar-refractivity contribution in [2.45, 2.75) is 0 Å². The van der Waals surface area contributed by atoms with Crippen LogP contribution in [0.25, 0.3) is 5.57 Å². The molecule has 0 saturated carbocycles. The van der Waals surface area contributed by atoms with Crippen LogP contribution in [-0.2, 0) is 0 Å². The first-order valence-electron chi connectivity index (χ1n) is 5.58. The quantitative estimate of drug-likeness (QED) is 0.762. The Kier molecular flexibility index (Phi) is 2.51. The second kappa shape index (κ2) is 4.18. The first kappa shape index (κ1) is 10.8. The molecule has 1 atom stereocenters. The third-order valence-electron chi connectivity index (χ3n) is 2.90. The minimum atomic E-state index is -0.149. The van der Waals surface area contributed by atoms with Crippen LogP contribution in [-0.4, -0.2) is 10.8 Å². The van der Waals surface area contributed by atoms with Gasteiger partial charge in [-0.3, -0.25) is 9.78 Å². The molecule has 2 aromatic rings. The first-order chi connectivity index (χ1) is 8.77. The van der Waals surface area contributed by atoms with Crippen LogP contribution in [0.1, 0.15) is 16.1 Å². The van der Waals surface area contributed by atoms with Gasteiger partial charge in [0.05, 0.1) is 11.3 Å². The van der Waals surface area contributed by atoms with E-state index in [1.165, 1.54) is 6.20 Å². The molecule has 4 heteroatoms. The number of fused-ring (bicyclic) bond motifs is 1. The van der Waals surface area contributed by atoms with Gasteiger partial charge in [-0.2, -0.15) is 0 Å². The van der Waals surface area contributed by atoms with Crippen molar-refractivity contribution in [1.29, 1.82) is 0 Å². The van der Waals surface area contributed by atoms with Crippen molar-refractivity contribution < 1.29 is 9.86 Å². The van der Waals surface area contributed by atoms with E-state index < -0.39 is 0 Å². The standard InChI is InChI=1S/C14H10N2O2/c17-14-10-5-1-2-7-13(10)16(18)9-11(14)12-6-3-4-8-15-12/h1-9,16H. The summed E-state index contributed by atoms with van der Waals surface area (Å²) < 4.78 is 0. The Hall–Kier alpha value is -2.30. The maximum Gasteiger partial charge on any atom is 0.206 e. The van der Waals surface area contributed by atoms with Gasteiger partial charge < -0.3 is 10.3 Å². The number of para-hydroxylation sites is 1. The number of quaternary nitrogens is 1. The lowest BCUT2D eigenvalue weighted by atomic mass is 9.97. The number of aromatic nitrogens is 1. The summed E-state index contributed by atoms with van der Waals surface area (Å²) in [5.74, 6) is -0.149. The number of rotatable bonds is 1. The molecule has 1 N–H and O–H groups in total. The molecule has 1 aromatic carbocycles. The number of Topliss-reactive ketones (excluding diaryl/α,β-unsaturated/α-hetero) is 1. The van der Waals surface area contributed by atoms with Gasteiger partial charge in [-0.25, -0.2) is 0 Å². The highest BCUT2D eigenvalue weighted by Crippen LogP contribution is 2.24. The third-order valence-corrected chi connectivity index (χ3v) is 2.90. The van der Waals surface area contributed by atoms with Gasteiger partial charge in [0.2, 0.25) is 5.78 Å². The molecule has 1 aromatic heterocycles. The van der Waals surface area contributed by atoms with Crippen LogP contribution >= 0.6 is 0 Å². The number of benzene rings is 1. The highest BCUT2D eigenvalue weighted by molar-refractivity contribution is 6.30. The van der Waals surface area contributed by atoms with Crippen LogP contribution in [0.3, 0.4) is 0 Å². The number of carbonyl (C=O) groups excluding carboxylic acids is 1. The topological polar surface area (TPSA) is 57.5 Å². The molecule has 4 nitrogen and oxygen atoms in total. The van der Waals surface area contributed by atoms with E-state index in [0.717, 1.165) is 0 Å². The van der Waals surface area contributed by atoms with Crippen molar-refractivity contribution in [3.63, 3.8) is 0 Å². The highest BCUT2D eigenvalue weighted by atomic mass is 16.5. The fourth-order valence-electron chi connectivity index (χ4n) is 2.03. The normalized spacial score (nSPS) is 18.2. The van der Waals surface area contributed by atoms with Crippen LogP contribution in [0, 0.1) is 5.21 Å². The molecule has 0 amide bonds. The number of pyridine rings is 1. The Morgan fingerprint density at radius 2 is 1.83 bits per heavy atom. The van der Waals surface area contributed by atoms with Crippen LogP contribution in [0.4, 0.5) is 5.69 Å². The molecule has 0 radical (unpaired) electrons. The molecule has 0 aliphatic carbocycles. The molecular formula is C14H10N2O2. The number of nitrogens with one attached hydrogen (secondary N) is 1. The SMILES string of the molecule is O=C1C(c2ccccn2)=C[NH+]([O-])c2ccccc21. The van der Waals surface area contributed by atoms with E-state index in [1.807, 2.05) is 0 Å². The van der Waals surface area contributed by atoms with Crippen LogP contribution < -0.4 is 5.06 Å². The second-order valence-corrected chi connectivity index (χ2v) is 4.01. The molecule has 0 bridgehead atoms. The number of hydrogen-bond acceptors (Lipinski definition) is 3. The van der Waals surface area contributed by atoms with E-state index >= 15 is 0 Å². The number of allylic oxidation sites excluding steroid dienone is 1. The van der Waals surface area contributed by atoms with E-state index in [-0.39, 0.29) is 10.8 Å². The maximum absolute atomic E-state index is 12.3. The van der Waals surface area contributed by atoms with E-state index in [2.05, 4.69) is 4.98 Å². The molecule has 3 rings (SSSR count). The molecular weight excluding hydrogens is 228 g/mol. The minimum absolute atomic E-state index is 0.147. The fraction of sp³-hybridized carbons (Fsp3) is 0. The van der Waals surface area contributed by atoms with Gasteiger partial charge in [0, 0.05) is 12.3 Å². The summed E-state index contributed by atoms with van der Waals surface area (Å²) in [4.78, 5) is 16.4. The van der Waals surface area contributed by atoms with E-state index in [9.17, 15) is 10.0 Å². The molecule has 1 unspecified atom stereocenters. The zero-order valence-corrected chi connectivity index (χ0v) is 9.46. The smallest absolute Gasteiger partial charge is 0.206 e. The summed E-state index contributed by atoms with van der Waals surface area (Å²) in [7, 11) is 0. The van der Waals surface area contributed by atoms with Gasteiger partial charge in [0.1, 0.15) is 17.5 Å². The molecule has 0 fully saturated rings. The molecule has 18 heavy (non-hydrogen) atoms. The van der Waals surface area contributed by atoms with Gasteiger partial charge in [0.25, 0.3) is 0 Å². The number of carbonyl (C=O) groups is 1. The highest BCUT2D eigenvalue weighted by Gasteiger charge is 2.27. The zero-order chi connectivity index (χ0) is 12.5. The largest absolute Gasteiger partial charge is 0.624 e. The van der Waals surface area contributed by atoms with Crippen molar-refractivity contribution in [2.24, 2.45) is 0 Å². The van der Waals surface area contributed by atoms with Crippen molar-refractivity contribution in [1.82, 2.24) is 4.98 Å². The molecule has 88 valence electrons. The number of nitrogens with zero attached hydrogens (tertiary/aromatic N) is 1. The first-order valence-corrected chi connectivity index (χ1v) is 5.58. The van der Waals surface area contributed by atoms with Crippen LogP contribution in [0.15, 0.2) is 54.9 Å². The second-order valence-electron chi connectivity index (χ2n) is 4.01. The average Bonchev–Trinajstić information content (AvgIpc) is 2.44. The zero-order valence-electron chi connectivity index (χ0n) is 9.46. The minimum Gasteiger partial charge on any atom is -0.624 e. The van der Waals surface area contributed by atoms with Gasteiger partial charge in [-0.1, -0.05) is 18.2 Å². The summed E-state index contributed by atoms with van der Waals surface area (Å²) >= 11 is 0. The molecule has 2 heterocycles. The van der Waals surface area contributed by atoms with E-state index in [1.54, 1.807) is 48.7 Å². The Morgan fingerprint density at radius 1 is 1.06 bits per heavy atom. The van der Waals surface area contributed by atoms with Crippen molar-refractivity contribution in [3.05, 3.63) is 71.3 Å². The summed E-state index contributed by atoms with van der Waals surface area (Å²) in [5.41, 5.74) is 1.80. The number of hydrogen-bond donors (Lipinski definition) is 1. The van der Waals surface area contributed by atoms with Gasteiger partial charge in [-0.15, -0.1) is 0 Å². The van der Waals surface area contributed by atoms with Crippen LogP contribution in [0.2, 0.25) is 0 Å². The van der Waals surface area contributed by atoms with Crippen molar-refractivity contribution >= 4 is 17.0 Å². The summed E-state index contributed by atoms with van der Waals surface area (Å²) in [6, 6.07) is 12.1. The van der Waals surface area contributed by atoms with Crippen LogP contribution in [0.5, 0.6) is 0 Å². The lowest BCUT2D eigenvalue weighted by Gasteiger charge is -2.24. The Balaban J connectivity index is 2.13. The Bertz CT molecular complexity index is 635. The summed E-state index contributed by atoms with van der Waals surface area (Å²) in [6.07, 6.45) is 2.97. The number of ketones is 1. The fourth-order valence-corrected chi connectivity index (χ4v) is 2.03. The van der Waals surface area contributed by atoms with Gasteiger partial charge >= 0.3 is 0 Å². The average molecular weight is 238 g/mol.